The summed E-state index contributed by atoms with van der Waals surface area (Å²) in [4.78, 5) is 0. The summed E-state index contributed by atoms with van der Waals surface area (Å²) in [5, 5.41) is 4.08. The van der Waals surface area contributed by atoms with Gasteiger partial charge >= 0.3 is 0 Å². The number of rotatable bonds is 1. The molecule has 0 saturated carbocycles. The van der Waals surface area contributed by atoms with Gasteiger partial charge < -0.3 is 5.73 Å². The molecule has 0 saturated heterocycles. The van der Waals surface area contributed by atoms with Crippen molar-refractivity contribution in [2.45, 2.75) is 6.92 Å². The van der Waals surface area contributed by atoms with Crippen LogP contribution in [0.5, 0.6) is 0 Å². The van der Waals surface area contributed by atoms with Gasteiger partial charge in [-0.1, -0.05) is 0 Å². The monoisotopic (exact) mass is 223 g/mol. The maximum absolute atomic E-state index is 13.3. The minimum absolute atomic E-state index is 0.361. The number of hydrogen-bond acceptors (Lipinski definition) is 2. The van der Waals surface area contributed by atoms with E-state index in [1.54, 1.807) is 20.0 Å². The number of aromatic nitrogens is 2. The summed E-state index contributed by atoms with van der Waals surface area (Å²) in [6.45, 7) is 1.58. The van der Waals surface area contributed by atoms with Crippen molar-refractivity contribution in [1.82, 2.24) is 9.78 Å². The van der Waals surface area contributed by atoms with E-state index in [0.717, 1.165) is 6.07 Å². The Bertz CT molecular complexity index is 527. The fourth-order valence-corrected chi connectivity index (χ4v) is 1.53. The molecule has 0 aliphatic heterocycles. The number of nitrogen functional groups attached to an aromatic ring is 1. The van der Waals surface area contributed by atoms with Crippen LogP contribution < -0.4 is 5.73 Å². The van der Waals surface area contributed by atoms with Crippen molar-refractivity contribution in [3.8, 4) is 11.3 Å². The molecule has 0 atom stereocenters. The zero-order chi connectivity index (χ0) is 11.9. The lowest BCUT2D eigenvalue weighted by Crippen LogP contribution is -1.97. The Hall–Kier alpha value is -1.91. The summed E-state index contributed by atoms with van der Waals surface area (Å²) in [7, 11) is 1.67. The molecule has 0 bridgehead atoms. The zero-order valence-electron chi connectivity index (χ0n) is 8.96. The van der Waals surface area contributed by atoms with Gasteiger partial charge in [0.15, 0.2) is 0 Å². The third-order valence-corrected chi connectivity index (χ3v) is 2.50. The lowest BCUT2D eigenvalue weighted by atomic mass is 10.1. The van der Waals surface area contributed by atoms with E-state index < -0.39 is 11.6 Å². The molecular weight excluding hydrogens is 212 g/mol. The zero-order valence-corrected chi connectivity index (χ0v) is 8.96. The van der Waals surface area contributed by atoms with Crippen molar-refractivity contribution in [1.29, 1.82) is 0 Å². The Morgan fingerprint density at radius 1 is 1.25 bits per heavy atom. The van der Waals surface area contributed by atoms with E-state index in [9.17, 15) is 8.78 Å². The average Bonchev–Trinajstić information content (AvgIpc) is 2.53. The first-order chi connectivity index (χ1) is 7.49. The summed E-state index contributed by atoms with van der Waals surface area (Å²) < 4.78 is 27.9. The highest BCUT2D eigenvalue weighted by atomic mass is 19.1. The highest BCUT2D eigenvalue weighted by molar-refractivity contribution is 5.66. The molecule has 1 heterocycles. The summed E-state index contributed by atoms with van der Waals surface area (Å²) in [5.74, 6) is -0.763. The van der Waals surface area contributed by atoms with Gasteiger partial charge in [0.05, 0.1) is 5.69 Å². The summed E-state index contributed by atoms with van der Waals surface area (Å²) in [5.41, 5.74) is 6.87. The molecule has 0 aliphatic rings. The van der Waals surface area contributed by atoms with Gasteiger partial charge in [-0.15, -0.1) is 0 Å². The van der Waals surface area contributed by atoms with Gasteiger partial charge in [0, 0.05) is 24.7 Å². The van der Waals surface area contributed by atoms with Crippen LogP contribution in [-0.2, 0) is 7.05 Å². The van der Waals surface area contributed by atoms with E-state index in [-0.39, 0.29) is 0 Å². The number of aryl methyl sites for hydroxylation is 1. The molecule has 0 amide bonds. The second-order valence-corrected chi connectivity index (χ2v) is 3.64. The largest absolute Gasteiger partial charge is 0.384 e. The lowest BCUT2D eigenvalue weighted by Gasteiger charge is -2.03. The number of halogens is 2. The summed E-state index contributed by atoms with van der Waals surface area (Å²) >= 11 is 0. The maximum atomic E-state index is 13.3. The summed E-state index contributed by atoms with van der Waals surface area (Å²) in [6, 6.07) is 3.69. The molecule has 0 spiro atoms. The van der Waals surface area contributed by atoms with E-state index in [0.29, 0.717) is 22.6 Å². The Morgan fingerprint density at radius 3 is 2.50 bits per heavy atom. The molecule has 1 aromatic heterocycles. The van der Waals surface area contributed by atoms with Crippen molar-refractivity contribution in [3.63, 3.8) is 0 Å². The van der Waals surface area contributed by atoms with E-state index >= 15 is 0 Å². The van der Waals surface area contributed by atoms with E-state index in [1.807, 2.05) is 0 Å². The van der Waals surface area contributed by atoms with Crippen LogP contribution in [-0.4, -0.2) is 9.78 Å². The van der Waals surface area contributed by atoms with Crippen molar-refractivity contribution < 1.29 is 8.78 Å². The Labute approximate surface area is 91.5 Å². The second-order valence-electron chi connectivity index (χ2n) is 3.64. The van der Waals surface area contributed by atoms with Crippen LogP contribution in [0.2, 0.25) is 0 Å². The first kappa shape index (κ1) is 10.6. The van der Waals surface area contributed by atoms with Gasteiger partial charge in [-0.05, 0) is 18.6 Å². The molecule has 16 heavy (non-hydrogen) atoms. The number of hydrogen-bond donors (Lipinski definition) is 1. The van der Waals surface area contributed by atoms with E-state index in [4.69, 9.17) is 5.73 Å². The van der Waals surface area contributed by atoms with Crippen molar-refractivity contribution in [2.75, 3.05) is 5.73 Å². The Kier molecular flexibility index (Phi) is 2.38. The molecule has 5 heteroatoms. The average molecular weight is 223 g/mol. The molecule has 2 N–H and O–H groups in total. The third-order valence-electron chi connectivity index (χ3n) is 2.50. The van der Waals surface area contributed by atoms with Crippen molar-refractivity contribution in [2.24, 2.45) is 7.05 Å². The first-order valence-electron chi connectivity index (χ1n) is 4.74. The highest BCUT2D eigenvalue weighted by Crippen LogP contribution is 2.26. The second kappa shape index (κ2) is 3.59. The van der Waals surface area contributed by atoms with Gasteiger partial charge in [0.2, 0.25) is 0 Å². The Balaban J connectivity index is 2.63. The van der Waals surface area contributed by atoms with E-state index in [1.165, 1.54) is 10.7 Å². The van der Waals surface area contributed by atoms with Crippen LogP contribution in [0.4, 0.5) is 14.6 Å². The standard InChI is InChI=1S/C11H11F2N3/c1-6-8(3-7(12)4-9(6)13)10-5-11(14)16(2)15-10/h3-5H,14H2,1-2H3. The van der Waals surface area contributed by atoms with Crippen LogP contribution in [0.1, 0.15) is 5.56 Å². The predicted octanol–water partition coefficient (Wildman–Crippen LogP) is 2.26. The van der Waals surface area contributed by atoms with Crippen LogP contribution in [0.3, 0.4) is 0 Å². The SMILES string of the molecule is Cc1c(F)cc(F)cc1-c1cc(N)n(C)n1. The molecule has 0 fully saturated rings. The van der Waals surface area contributed by atoms with Gasteiger partial charge in [-0.3, -0.25) is 4.68 Å². The number of benzene rings is 1. The number of nitrogens with two attached hydrogens (primary N) is 1. The number of anilines is 1. The maximum Gasteiger partial charge on any atom is 0.129 e. The smallest absolute Gasteiger partial charge is 0.129 e. The fraction of sp³-hybridized carbons (Fsp3) is 0.182. The molecule has 1 aromatic carbocycles. The van der Waals surface area contributed by atoms with Crippen molar-refractivity contribution in [3.05, 3.63) is 35.4 Å². The molecule has 0 radical (unpaired) electrons. The minimum atomic E-state index is -0.623. The lowest BCUT2D eigenvalue weighted by molar-refractivity contribution is 0.578. The molecule has 3 nitrogen and oxygen atoms in total. The molecule has 2 aromatic rings. The minimum Gasteiger partial charge on any atom is -0.384 e. The topological polar surface area (TPSA) is 43.8 Å². The molecule has 84 valence electrons. The van der Waals surface area contributed by atoms with Gasteiger partial charge in [-0.25, -0.2) is 8.78 Å². The highest BCUT2D eigenvalue weighted by Gasteiger charge is 2.12. The molecule has 2 rings (SSSR count). The van der Waals surface area contributed by atoms with Gasteiger partial charge in [-0.2, -0.15) is 5.10 Å². The van der Waals surface area contributed by atoms with Crippen LogP contribution in [0.15, 0.2) is 18.2 Å². The Morgan fingerprint density at radius 2 is 1.94 bits per heavy atom. The molecule has 0 unspecified atom stereocenters. The first-order valence-corrected chi connectivity index (χ1v) is 4.74. The number of nitrogens with zero attached hydrogens (tertiary/aromatic N) is 2. The predicted molar refractivity (Wildman–Crippen MR) is 57.7 cm³/mol. The van der Waals surface area contributed by atoms with Gasteiger partial charge in [0.25, 0.3) is 0 Å². The normalized spacial score (nSPS) is 10.8. The van der Waals surface area contributed by atoms with Crippen LogP contribution >= 0.6 is 0 Å². The van der Waals surface area contributed by atoms with Crippen molar-refractivity contribution >= 4 is 5.82 Å². The fourth-order valence-electron chi connectivity index (χ4n) is 1.53. The van der Waals surface area contributed by atoms with E-state index in [2.05, 4.69) is 5.10 Å². The molecular formula is C11H11F2N3. The third kappa shape index (κ3) is 1.64. The van der Waals surface area contributed by atoms with Crippen LogP contribution in [0.25, 0.3) is 11.3 Å². The van der Waals surface area contributed by atoms with Crippen LogP contribution in [0, 0.1) is 18.6 Å². The van der Waals surface area contributed by atoms with Gasteiger partial charge in [0.1, 0.15) is 17.5 Å². The molecule has 0 aliphatic carbocycles. The summed E-state index contributed by atoms with van der Waals surface area (Å²) in [6.07, 6.45) is 0. The quantitative estimate of drug-likeness (QED) is 0.805.